The van der Waals surface area contributed by atoms with Crippen molar-refractivity contribution in [1.82, 2.24) is 5.32 Å². The molecule has 1 aromatic rings. The molecule has 2 N–H and O–H groups in total. The molecular formula is C13H15NO5. The number of ether oxygens (including phenoxy) is 2. The molecule has 0 bridgehead atoms. The molecule has 0 spiro atoms. The highest BCUT2D eigenvalue weighted by atomic mass is 16.5. The van der Waals surface area contributed by atoms with E-state index >= 15 is 0 Å². The quantitative estimate of drug-likeness (QED) is 0.761. The summed E-state index contributed by atoms with van der Waals surface area (Å²) < 4.78 is 11.0. The minimum absolute atomic E-state index is 0.199. The SMILES string of the molecule is O=CNC(Cc1ccc2c(c1)OCCCO2)C(=O)O. The Bertz CT molecular complexity index is 474. The van der Waals surface area contributed by atoms with Crippen LogP contribution in [0.15, 0.2) is 18.2 Å². The molecule has 2 rings (SSSR count). The lowest BCUT2D eigenvalue weighted by Crippen LogP contribution is -2.37. The van der Waals surface area contributed by atoms with Crippen LogP contribution >= 0.6 is 0 Å². The average Bonchev–Trinajstić information content (AvgIpc) is 2.62. The standard InChI is InChI=1S/C13H15NO5/c15-8-14-10(13(16)17)6-9-2-3-11-12(7-9)19-5-1-4-18-11/h2-3,7-8,10H,1,4-6H2,(H,14,15)(H,16,17). The fourth-order valence-corrected chi connectivity index (χ4v) is 1.87. The molecule has 0 saturated heterocycles. The van der Waals surface area contributed by atoms with E-state index in [1.807, 2.05) is 0 Å². The van der Waals surface area contributed by atoms with Crippen LogP contribution in [-0.2, 0) is 16.0 Å². The predicted octanol–water partition coefficient (Wildman–Crippen LogP) is 0.590. The van der Waals surface area contributed by atoms with Crippen molar-refractivity contribution in [2.45, 2.75) is 18.9 Å². The minimum Gasteiger partial charge on any atom is -0.490 e. The molecule has 0 aliphatic carbocycles. The Balaban J connectivity index is 2.14. The Morgan fingerprint density at radius 1 is 1.37 bits per heavy atom. The fraction of sp³-hybridized carbons (Fsp3) is 0.385. The van der Waals surface area contributed by atoms with E-state index in [1.165, 1.54) is 0 Å². The number of carbonyl (C=O) groups excluding carboxylic acids is 1. The lowest BCUT2D eigenvalue weighted by Gasteiger charge is -2.13. The van der Waals surface area contributed by atoms with E-state index in [2.05, 4.69) is 5.32 Å². The van der Waals surface area contributed by atoms with Gasteiger partial charge < -0.3 is 19.9 Å². The normalized spacial score (nSPS) is 15.2. The number of rotatable bonds is 5. The molecule has 0 radical (unpaired) electrons. The topological polar surface area (TPSA) is 84.9 Å². The maximum absolute atomic E-state index is 11.0. The summed E-state index contributed by atoms with van der Waals surface area (Å²) >= 11 is 0. The van der Waals surface area contributed by atoms with Gasteiger partial charge in [0.15, 0.2) is 11.5 Å². The van der Waals surface area contributed by atoms with E-state index in [0.717, 1.165) is 12.0 Å². The molecule has 19 heavy (non-hydrogen) atoms. The molecular weight excluding hydrogens is 250 g/mol. The Morgan fingerprint density at radius 2 is 2.11 bits per heavy atom. The van der Waals surface area contributed by atoms with Gasteiger partial charge in [0.2, 0.25) is 6.41 Å². The van der Waals surface area contributed by atoms with Gasteiger partial charge in [0, 0.05) is 12.8 Å². The molecule has 1 aliphatic heterocycles. The number of carbonyl (C=O) groups is 2. The van der Waals surface area contributed by atoms with Crippen LogP contribution in [0, 0.1) is 0 Å². The Labute approximate surface area is 110 Å². The summed E-state index contributed by atoms with van der Waals surface area (Å²) in [5, 5.41) is 11.2. The van der Waals surface area contributed by atoms with Crippen LogP contribution < -0.4 is 14.8 Å². The molecule has 1 aliphatic rings. The maximum atomic E-state index is 11.0. The van der Waals surface area contributed by atoms with Crippen molar-refractivity contribution in [3.05, 3.63) is 23.8 Å². The number of amides is 1. The first-order valence-electron chi connectivity index (χ1n) is 6.01. The third-order valence-electron chi connectivity index (χ3n) is 2.82. The number of hydrogen-bond acceptors (Lipinski definition) is 4. The Hall–Kier alpha value is -2.24. The highest BCUT2D eigenvalue weighted by Gasteiger charge is 2.18. The van der Waals surface area contributed by atoms with Crippen molar-refractivity contribution in [3.8, 4) is 11.5 Å². The van der Waals surface area contributed by atoms with Crippen LogP contribution in [-0.4, -0.2) is 36.7 Å². The third kappa shape index (κ3) is 3.37. The smallest absolute Gasteiger partial charge is 0.326 e. The highest BCUT2D eigenvalue weighted by molar-refractivity contribution is 5.76. The first-order chi connectivity index (χ1) is 9.20. The van der Waals surface area contributed by atoms with Crippen LogP contribution in [0.5, 0.6) is 11.5 Å². The lowest BCUT2D eigenvalue weighted by molar-refractivity contribution is -0.140. The van der Waals surface area contributed by atoms with Gasteiger partial charge in [-0.25, -0.2) is 4.79 Å². The molecule has 1 atom stereocenters. The summed E-state index contributed by atoms with van der Waals surface area (Å²) in [6.07, 6.45) is 1.40. The number of nitrogens with one attached hydrogen (secondary N) is 1. The number of carboxylic acid groups (broad SMARTS) is 1. The molecule has 1 heterocycles. The zero-order chi connectivity index (χ0) is 13.7. The number of benzene rings is 1. The summed E-state index contributed by atoms with van der Waals surface area (Å²) in [5.41, 5.74) is 0.769. The monoisotopic (exact) mass is 265 g/mol. The van der Waals surface area contributed by atoms with Gasteiger partial charge in [0.1, 0.15) is 6.04 Å². The molecule has 6 heteroatoms. The van der Waals surface area contributed by atoms with E-state index < -0.39 is 12.0 Å². The summed E-state index contributed by atoms with van der Waals surface area (Å²) in [6.45, 7) is 1.18. The van der Waals surface area contributed by atoms with Gasteiger partial charge >= 0.3 is 5.97 Å². The largest absolute Gasteiger partial charge is 0.490 e. The van der Waals surface area contributed by atoms with Crippen molar-refractivity contribution < 1.29 is 24.2 Å². The van der Waals surface area contributed by atoms with Crippen LogP contribution in [0.4, 0.5) is 0 Å². The zero-order valence-electron chi connectivity index (χ0n) is 10.3. The number of carboxylic acids is 1. The van der Waals surface area contributed by atoms with E-state index in [0.29, 0.717) is 31.1 Å². The van der Waals surface area contributed by atoms with Crippen LogP contribution in [0.3, 0.4) is 0 Å². The maximum Gasteiger partial charge on any atom is 0.326 e. The summed E-state index contributed by atoms with van der Waals surface area (Å²) in [7, 11) is 0. The first-order valence-corrected chi connectivity index (χ1v) is 6.01. The summed E-state index contributed by atoms with van der Waals surface area (Å²) in [6, 6.07) is 4.34. The molecule has 1 aromatic carbocycles. The molecule has 1 amide bonds. The average molecular weight is 265 g/mol. The molecule has 0 fully saturated rings. The van der Waals surface area contributed by atoms with Gasteiger partial charge in [-0.15, -0.1) is 0 Å². The lowest BCUT2D eigenvalue weighted by atomic mass is 10.1. The minimum atomic E-state index is -1.07. The molecule has 1 unspecified atom stereocenters. The second-order valence-electron chi connectivity index (χ2n) is 4.21. The van der Waals surface area contributed by atoms with Crippen molar-refractivity contribution in [1.29, 1.82) is 0 Å². The van der Waals surface area contributed by atoms with Gasteiger partial charge in [-0.2, -0.15) is 0 Å². The van der Waals surface area contributed by atoms with E-state index in [4.69, 9.17) is 14.6 Å². The van der Waals surface area contributed by atoms with Crippen LogP contribution in [0.2, 0.25) is 0 Å². The Kier molecular flexibility index (Phi) is 4.22. The van der Waals surface area contributed by atoms with Gasteiger partial charge in [-0.3, -0.25) is 4.79 Å². The number of fused-ring (bicyclic) bond motifs is 1. The van der Waals surface area contributed by atoms with Crippen molar-refractivity contribution in [2.75, 3.05) is 13.2 Å². The second kappa shape index (κ2) is 6.08. The molecule has 6 nitrogen and oxygen atoms in total. The van der Waals surface area contributed by atoms with Crippen LogP contribution in [0.25, 0.3) is 0 Å². The molecule has 0 saturated carbocycles. The number of aliphatic carboxylic acids is 1. The van der Waals surface area contributed by atoms with E-state index in [1.54, 1.807) is 18.2 Å². The summed E-state index contributed by atoms with van der Waals surface area (Å²) in [4.78, 5) is 21.3. The van der Waals surface area contributed by atoms with Crippen molar-refractivity contribution >= 4 is 12.4 Å². The number of hydrogen-bond donors (Lipinski definition) is 2. The van der Waals surface area contributed by atoms with Gasteiger partial charge in [0.05, 0.1) is 13.2 Å². The summed E-state index contributed by atoms with van der Waals surface area (Å²) in [5.74, 6) is 0.209. The zero-order valence-corrected chi connectivity index (χ0v) is 10.3. The first kappa shape index (κ1) is 13.2. The highest BCUT2D eigenvalue weighted by Crippen LogP contribution is 2.30. The predicted molar refractivity (Wildman–Crippen MR) is 66.4 cm³/mol. The van der Waals surface area contributed by atoms with E-state index in [9.17, 15) is 9.59 Å². The van der Waals surface area contributed by atoms with Crippen molar-refractivity contribution in [3.63, 3.8) is 0 Å². The molecule has 102 valence electrons. The van der Waals surface area contributed by atoms with Crippen molar-refractivity contribution in [2.24, 2.45) is 0 Å². The fourth-order valence-electron chi connectivity index (χ4n) is 1.87. The van der Waals surface area contributed by atoms with Gasteiger partial charge in [-0.05, 0) is 17.7 Å². The second-order valence-corrected chi connectivity index (χ2v) is 4.21. The van der Waals surface area contributed by atoms with Gasteiger partial charge in [-0.1, -0.05) is 6.07 Å². The van der Waals surface area contributed by atoms with E-state index in [-0.39, 0.29) is 6.42 Å². The molecule has 0 aromatic heterocycles. The van der Waals surface area contributed by atoms with Gasteiger partial charge in [0.25, 0.3) is 0 Å². The Morgan fingerprint density at radius 3 is 2.79 bits per heavy atom. The third-order valence-corrected chi connectivity index (χ3v) is 2.82. The van der Waals surface area contributed by atoms with Crippen LogP contribution in [0.1, 0.15) is 12.0 Å².